The Hall–Kier alpha value is -0.940. The summed E-state index contributed by atoms with van der Waals surface area (Å²) < 4.78 is 0. The van der Waals surface area contributed by atoms with Gasteiger partial charge in [-0.2, -0.15) is 0 Å². The van der Waals surface area contributed by atoms with Crippen LogP contribution in [-0.2, 0) is 9.59 Å². The van der Waals surface area contributed by atoms with Gasteiger partial charge in [-0.15, -0.1) is 0 Å². The summed E-state index contributed by atoms with van der Waals surface area (Å²) in [6.07, 6.45) is 2.13. The lowest BCUT2D eigenvalue weighted by Crippen LogP contribution is -2.49. The number of carbonyl (C=O) groups is 2. The van der Waals surface area contributed by atoms with E-state index in [-0.39, 0.29) is 23.8 Å². The first kappa shape index (κ1) is 15.4. The molecule has 0 radical (unpaired) electrons. The van der Waals surface area contributed by atoms with E-state index >= 15 is 0 Å². The highest BCUT2D eigenvalue weighted by atomic mass is 16.2. The molecule has 2 heterocycles. The lowest BCUT2D eigenvalue weighted by molar-refractivity contribution is -0.145. The van der Waals surface area contributed by atoms with Crippen LogP contribution >= 0.6 is 0 Å². The monoisotopic (exact) mass is 281 g/mol. The van der Waals surface area contributed by atoms with E-state index < -0.39 is 5.41 Å². The van der Waals surface area contributed by atoms with Crippen molar-refractivity contribution in [3.05, 3.63) is 0 Å². The molecule has 0 bridgehead atoms. The van der Waals surface area contributed by atoms with Gasteiger partial charge in [0.15, 0.2) is 0 Å². The van der Waals surface area contributed by atoms with Crippen LogP contribution in [0.1, 0.15) is 40.0 Å². The van der Waals surface area contributed by atoms with E-state index in [1.165, 1.54) is 0 Å². The molecule has 0 aromatic carbocycles. The van der Waals surface area contributed by atoms with Crippen molar-refractivity contribution >= 4 is 11.8 Å². The van der Waals surface area contributed by atoms with Crippen LogP contribution in [0.15, 0.2) is 0 Å². The summed E-state index contributed by atoms with van der Waals surface area (Å²) in [5.74, 6) is 0.250. The van der Waals surface area contributed by atoms with Crippen LogP contribution in [0.4, 0.5) is 0 Å². The van der Waals surface area contributed by atoms with E-state index in [4.69, 9.17) is 5.73 Å². The summed E-state index contributed by atoms with van der Waals surface area (Å²) in [5, 5.41) is 0. The van der Waals surface area contributed by atoms with Crippen LogP contribution in [0.2, 0.25) is 0 Å². The molecular weight excluding hydrogens is 254 g/mol. The molecule has 2 fully saturated rings. The number of piperidine rings is 1. The van der Waals surface area contributed by atoms with Crippen molar-refractivity contribution in [1.29, 1.82) is 0 Å². The van der Waals surface area contributed by atoms with Crippen molar-refractivity contribution in [2.24, 2.45) is 17.1 Å². The lowest BCUT2D eigenvalue weighted by Gasteiger charge is -2.36. The largest absolute Gasteiger partial charge is 0.329 e. The van der Waals surface area contributed by atoms with Gasteiger partial charge in [0.05, 0.1) is 5.41 Å². The van der Waals surface area contributed by atoms with Crippen molar-refractivity contribution < 1.29 is 9.59 Å². The molecule has 2 rings (SSSR count). The first-order valence-electron chi connectivity index (χ1n) is 7.69. The van der Waals surface area contributed by atoms with E-state index in [1.807, 2.05) is 20.8 Å². The average Bonchev–Trinajstić information content (AvgIpc) is 2.63. The highest BCUT2D eigenvalue weighted by Crippen LogP contribution is 2.41. The van der Waals surface area contributed by atoms with Crippen LogP contribution in [0.3, 0.4) is 0 Å². The second-order valence-electron chi connectivity index (χ2n) is 6.68. The average molecular weight is 281 g/mol. The van der Waals surface area contributed by atoms with Crippen LogP contribution in [0.5, 0.6) is 0 Å². The third kappa shape index (κ3) is 2.61. The van der Waals surface area contributed by atoms with Gasteiger partial charge in [-0.25, -0.2) is 0 Å². The number of likely N-dealkylation sites (tertiary alicyclic amines) is 2. The SMILES string of the molecule is CC(C)C1(C)CC(=O)N(C2CCN(CCN)CC2)C1=O. The topological polar surface area (TPSA) is 66.6 Å². The van der Waals surface area contributed by atoms with Crippen molar-refractivity contribution in [2.45, 2.75) is 46.1 Å². The molecule has 5 heteroatoms. The van der Waals surface area contributed by atoms with Crippen molar-refractivity contribution in [3.8, 4) is 0 Å². The van der Waals surface area contributed by atoms with Crippen molar-refractivity contribution in [3.63, 3.8) is 0 Å². The van der Waals surface area contributed by atoms with Gasteiger partial charge in [0.1, 0.15) is 0 Å². The molecule has 2 aliphatic heterocycles. The number of imide groups is 1. The third-order valence-electron chi connectivity index (χ3n) is 5.14. The fraction of sp³-hybridized carbons (Fsp3) is 0.867. The summed E-state index contributed by atoms with van der Waals surface area (Å²) in [4.78, 5) is 28.8. The fourth-order valence-electron chi connectivity index (χ4n) is 3.27. The lowest BCUT2D eigenvalue weighted by atomic mass is 9.77. The zero-order chi connectivity index (χ0) is 14.9. The number of hydrogen-bond donors (Lipinski definition) is 1. The Balaban J connectivity index is 2.04. The van der Waals surface area contributed by atoms with Gasteiger partial charge in [-0.3, -0.25) is 14.5 Å². The minimum absolute atomic E-state index is 0.0171. The van der Waals surface area contributed by atoms with Crippen molar-refractivity contribution in [1.82, 2.24) is 9.80 Å². The van der Waals surface area contributed by atoms with E-state index in [0.717, 1.165) is 32.5 Å². The normalized spacial score (nSPS) is 29.8. The Bertz CT molecular complexity index is 389. The van der Waals surface area contributed by atoms with Gasteiger partial charge < -0.3 is 10.6 Å². The fourth-order valence-corrected chi connectivity index (χ4v) is 3.27. The van der Waals surface area contributed by atoms with Crippen molar-refractivity contribution in [2.75, 3.05) is 26.2 Å². The molecule has 0 saturated carbocycles. The Morgan fingerprint density at radius 1 is 1.30 bits per heavy atom. The smallest absolute Gasteiger partial charge is 0.236 e. The van der Waals surface area contributed by atoms with Crippen LogP contribution in [0.25, 0.3) is 0 Å². The molecule has 20 heavy (non-hydrogen) atoms. The Kier molecular flexibility index (Phi) is 4.49. The maximum absolute atomic E-state index is 12.7. The maximum atomic E-state index is 12.7. The second-order valence-corrected chi connectivity index (χ2v) is 6.68. The van der Waals surface area contributed by atoms with Gasteiger partial charge in [-0.05, 0) is 25.7 Å². The third-order valence-corrected chi connectivity index (χ3v) is 5.14. The molecular formula is C15H27N3O2. The molecule has 5 nitrogen and oxygen atoms in total. The maximum Gasteiger partial charge on any atom is 0.236 e. The Morgan fingerprint density at radius 2 is 1.90 bits per heavy atom. The summed E-state index contributed by atoms with van der Waals surface area (Å²) in [5.41, 5.74) is 5.06. The quantitative estimate of drug-likeness (QED) is 0.775. The number of nitrogens with two attached hydrogens (primary N) is 1. The van der Waals surface area contributed by atoms with Gasteiger partial charge >= 0.3 is 0 Å². The standard InChI is InChI=1S/C15H27N3O2/c1-11(2)15(3)10-13(19)18(14(15)20)12-4-7-17(8-5-12)9-6-16/h11-12H,4-10,16H2,1-3H3. The second kappa shape index (κ2) is 5.82. The number of carbonyl (C=O) groups excluding carboxylic acids is 2. The summed E-state index contributed by atoms with van der Waals surface area (Å²) in [6.45, 7) is 9.41. The van der Waals surface area contributed by atoms with E-state index in [1.54, 1.807) is 4.90 Å². The highest BCUT2D eigenvalue weighted by molar-refractivity contribution is 6.06. The number of hydrogen-bond acceptors (Lipinski definition) is 4. The minimum atomic E-state index is -0.508. The van der Waals surface area contributed by atoms with Crippen LogP contribution in [-0.4, -0.2) is 53.8 Å². The first-order chi connectivity index (χ1) is 9.40. The van der Waals surface area contributed by atoms with E-state index in [0.29, 0.717) is 13.0 Å². The Morgan fingerprint density at radius 3 is 2.35 bits per heavy atom. The zero-order valence-electron chi connectivity index (χ0n) is 12.9. The summed E-state index contributed by atoms with van der Waals surface area (Å²) in [6, 6.07) is 0.0876. The molecule has 114 valence electrons. The molecule has 1 atom stereocenters. The number of rotatable bonds is 4. The molecule has 0 aromatic heterocycles. The molecule has 2 aliphatic rings. The van der Waals surface area contributed by atoms with Gasteiger partial charge in [-0.1, -0.05) is 13.8 Å². The highest BCUT2D eigenvalue weighted by Gasteiger charge is 2.52. The molecule has 2 N–H and O–H groups in total. The predicted octanol–water partition coefficient (Wildman–Crippen LogP) is 0.831. The summed E-state index contributed by atoms with van der Waals surface area (Å²) >= 11 is 0. The Labute approximate surface area is 121 Å². The van der Waals surface area contributed by atoms with Gasteiger partial charge in [0.2, 0.25) is 11.8 Å². The minimum Gasteiger partial charge on any atom is -0.329 e. The summed E-state index contributed by atoms with van der Waals surface area (Å²) in [7, 11) is 0. The number of nitrogens with zero attached hydrogens (tertiary/aromatic N) is 2. The number of amides is 2. The molecule has 0 aromatic rings. The van der Waals surface area contributed by atoms with Crippen LogP contribution < -0.4 is 5.73 Å². The zero-order valence-corrected chi connectivity index (χ0v) is 12.9. The van der Waals surface area contributed by atoms with Gasteiger partial charge in [0, 0.05) is 38.6 Å². The molecule has 0 aliphatic carbocycles. The molecule has 2 amide bonds. The van der Waals surface area contributed by atoms with E-state index in [2.05, 4.69) is 4.90 Å². The van der Waals surface area contributed by atoms with Crippen LogP contribution in [0, 0.1) is 11.3 Å². The van der Waals surface area contributed by atoms with Gasteiger partial charge in [0.25, 0.3) is 0 Å². The molecule has 0 spiro atoms. The predicted molar refractivity (Wildman–Crippen MR) is 77.9 cm³/mol. The molecule has 1 unspecified atom stereocenters. The van der Waals surface area contributed by atoms with E-state index in [9.17, 15) is 9.59 Å². The first-order valence-corrected chi connectivity index (χ1v) is 7.69. The molecule has 2 saturated heterocycles.